The lowest BCUT2D eigenvalue weighted by atomic mass is 9.89. The van der Waals surface area contributed by atoms with Gasteiger partial charge in [-0.2, -0.15) is 14.0 Å². The van der Waals surface area contributed by atoms with Crippen LogP contribution in [0.15, 0.2) is 0 Å². The number of aromatic hydroxyl groups is 1. The normalized spacial score (nSPS) is 11.1. The average Bonchev–Trinajstić information content (AvgIpc) is 2.47. The molecule has 0 atom stereocenters. The van der Waals surface area contributed by atoms with Crippen LogP contribution in [-0.4, -0.2) is 22.8 Å². The molecule has 23 heavy (non-hydrogen) atoms. The van der Waals surface area contributed by atoms with Gasteiger partial charge in [-0.3, -0.25) is 0 Å². The quantitative estimate of drug-likeness (QED) is 0.588. The van der Waals surface area contributed by atoms with Crippen LogP contribution in [0.2, 0.25) is 0 Å². The summed E-state index contributed by atoms with van der Waals surface area (Å²) in [5.41, 5.74) is -2.02. The highest BCUT2D eigenvalue weighted by Crippen LogP contribution is 2.35. The highest BCUT2D eigenvalue weighted by Gasteiger charge is 2.29. The Kier molecular flexibility index (Phi) is 5.85. The largest absolute Gasteiger partial charge is 0.504 e. The number of halogens is 3. The van der Waals surface area contributed by atoms with Gasteiger partial charge in [0.1, 0.15) is 5.56 Å². The van der Waals surface area contributed by atoms with Gasteiger partial charge in [-0.05, 0) is 33.1 Å². The fraction of sp³-hybridized carbons (Fsp3) is 0.467. The summed E-state index contributed by atoms with van der Waals surface area (Å²) in [4.78, 5) is 10.7. The third kappa shape index (κ3) is 4.28. The van der Waals surface area contributed by atoms with E-state index in [1.54, 1.807) is 13.8 Å². The van der Waals surface area contributed by atoms with Gasteiger partial charge in [0.2, 0.25) is 11.6 Å². The maximum Gasteiger partial charge on any atom is 0.342 e. The van der Waals surface area contributed by atoms with Crippen LogP contribution < -0.4 is 4.74 Å². The third-order valence-corrected chi connectivity index (χ3v) is 3.21. The van der Waals surface area contributed by atoms with Crippen molar-refractivity contribution in [2.75, 3.05) is 6.61 Å². The number of hydrogen-bond acceptors (Lipinski definition) is 4. The molecule has 126 valence electrons. The molecule has 0 heterocycles. The van der Waals surface area contributed by atoms with Crippen molar-refractivity contribution >= 4 is 5.97 Å². The second kappa shape index (κ2) is 7.22. The number of nitrogens with zero attached hydrogens (tertiary/aromatic N) is 1. The van der Waals surface area contributed by atoms with E-state index in [4.69, 9.17) is 15.1 Å². The van der Waals surface area contributed by atoms with E-state index in [-0.39, 0.29) is 6.61 Å². The minimum absolute atomic E-state index is 0.180. The standard InChI is InChI=1S/C15H16F3NO4/c1-15(2,7-19)5-3-4-6-23-13-10(17)9(16)8(14(21)22)12(20)11(13)18/h20H,3-6H2,1-2H3,(H,21,22). The van der Waals surface area contributed by atoms with E-state index < -0.39 is 45.9 Å². The number of nitriles is 1. The molecule has 8 heteroatoms. The molecular formula is C15H16F3NO4. The Morgan fingerprint density at radius 1 is 1.22 bits per heavy atom. The number of carboxylic acids is 1. The number of unbranched alkanes of at least 4 members (excludes halogenated alkanes) is 1. The molecule has 0 aliphatic rings. The minimum atomic E-state index is -2.00. The number of carbonyl (C=O) groups is 1. The van der Waals surface area contributed by atoms with E-state index in [9.17, 15) is 23.1 Å². The third-order valence-electron chi connectivity index (χ3n) is 3.21. The number of carboxylic acid groups (broad SMARTS) is 1. The molecule has 0 spiro atoms. The molecule has 1 aromatic rings. The molecule has 0 unspecified atom stereocenters. The molecule has 0 aliphatic heterocycles. The van der Waals surface area contributed by atoms with Crippen LogP contribution in [0.4, 0.5) is 13.2 Å². The van der Waals surface area contributed by atoms with Crippen LogP contribution in [0.3, 0.4) is 0 Å². The molecule has 0 amide bonds. The second-order valence-electron chi connectivity index (χ2n) is 5.60. The average molecular weight is 331 g/mol. The lowest BCUT2D eigenvalue weighted by Crippen LogP contribution is -2.11. The van der Waals surface area contributed by atoms with E-state index in [0.29, 0.717) is 19.3 Å². The molecule has 0 aliphatic carbocycles. The fourth-order valence-electron chi connectivity index (χ4n) is 1.85. The molecular weight excluding hydrogens is 315 g/mol. The van der Waals surface area contributed by atoms with Gasteiger partial charge in [-0.25, -0.2) is 9.18 Å². The predicted octanol–water partition coefficient (Wildman–Crippen LogP) is 3.61. The molecule has 0 saturated carbocycles. The second-order valence-corrected chi connectivity index (χ2v) is 5.60. The van der Waals surface area contributed by atoms with Crippen LogP contribution in [0.5, 0.6) is 11.5 Å². The first kappa shape index (κ1) is 18.6. The van der Waals surface area contributed by atoms with Crippen molar-refractivity contribution in [3.8, 4) is 17.6 Å². The van der Waals surface area contributed by atoms with E-state index in [2.05, 4.69) is 6.07 Å². The predicted molar refractivity (Wildman–Crippen MR) is 73.7 cm³/mol. The molecule has 1 aromatic carbocycles. The van der Waals surface area contributed by atoms with Crippen molar-refractivity contribution in [3.63, 3.8) is 0 Å². The summed E-state index contributed by atoms with van der Waals surface area (Å²) in [6.45, 7) is 3.30. The molecule has 5 nitrogen and oxygen atoms in total. The van der Waals surface area contributed by atoms with Gasteiger partial charge in [0.05, 0.1) is 18.1 Å². The summed E-state index contributed by atoms with van der Waals surface area (Å²) in [6, 6.07) is 2.10. The van der Waals surface area contributed by atoms with Gasteiger partial charge in [0, 0.05) is 0 Å². The summed E-state index contributed by atoms with van der Waals surface area (Å²) in [6.07, 6.45) is 1.41. The number of benzene rings is 1. The maximum absolute atomic E-state index is 13.7. The van der Waals surface area contributed by atoms with Crippen molar-refractivity contribution in [3.05, 3.63) is 23.0 Å². The summed E-state index contributed by atoms with van der Waals surface area (Å²) >= 11 is 0. The van der Waals surface area contributed by atoms with Crippen molar-refractivity contribution in [2.45, 2.75) is 33.1 Å². The first-order valence-electron chi connectivity index (χ1n) is 6.79. The molecule has 0 aromatic heterocycles. The number of hydrogen-bond donors (Lipinski definition) is 2. The van der Waals surface area contributed by atoms with E-state index >= 15 is 0 Å². The molecule has 0 fully saturated rings. The van der Waals surface area contributed by atoms with Crippen molar-refractivity contribution in [2.24, 2.45) is 5.41 Å². The maximum atomic E-state index is 13.7. The molecule has 0 radical (unpaired) electrons. The molecule has 2 N–H and O–H groups in total. The number of phenols is 1. The molecule has 1 rings (SSSR count). The van der Waals surface area contributed by atoms with Gasteiger partial charge in [0.15, 0.2) is 17.3 Å². The summed E-state index contributed by atoms with van der Waals surface area (Å²) in [5.74, 6) is -10.0. The number of ether oxygens (including phenoxy) is 1. The molecule has 0 saturated heterocycles. The Bertz CT molecular complexity index is 624. The topological polar surface area (TPSA) is 90.5 Å². The lowest BCUT2D eigenvalue weighted by Gasteiger charge is -2.15. The van der Waals surface area contributed by atoms with Gasteiger partial charge >= 0.3 is 5.97 Å². The highest BCUT2D eigenvalue weighted by atomic mass is 19.2. The van der Waals surface area contributed by atoms with E-state index in [0.717, 1.165) is 0 Å². The summed E-state index contributed by atoms with van der Waals surface area (Å²) in [5, 5.41) is 26.8. The Balaban J connectivity index is 2.80. The van der Waals surface area contributed by atoms with Gasteiger partial charge in [0.25, 0.3) is 0 Å². The number of aromatic carboxylic acids is 1. The van der Waals surface area contributed by atoms with E-state index in [1.807, 2.05) is 0 Å². The first-order valence-corrected chi connectivity index (χ1v) is 6.79. The van der Waals surface area contributed by atoms with Crippen LogP contribution in [0.25, 0.3) is 0 Å². The summed E-state index contributed by atoms with van der Waals surface area (Å²) < 4.78 is 45.7. The zero-order valence-corrected chi connectivity index (χ0v) is 12.6. The monoisotopic (exact) mass is 331 g/mol. The molecule has 0 bridgehead atoms. The zero-order valence-electron chi connectivity index (χ0n) is 12.6. The van der Waals surface area contributed by atoms with Crippen LogP contribution in [0, 0.1) is 34.2 Å². The highest BCUT2D eigenvalue weighted by molar-refractivity contribution is 5.91. The minimum Gasteiger partial charge on any atom is -0.504 e. The van der Waals surface area contributed by atoms with Gasteiger partial charge < -0.3 is 14.9 Å². The van der Waals surface area contributed by atoms with Crippen molar-refractivity contribution < 1.29 is 32.9 Å². The Hall–Kier alpha value is -2.43. The van der Waals surface area contributed by atoms with Gasteiger partial charge in [-0.15, -0.1) is 0 Å². The Labute approximate surface area is 130 Å². The lowest BCUT2D eigenvalue weighted by molar-refractivity contribution is 0.0685. The van der Waals surface area contributed by atoms with E-state index in [1.165, 1.54) is 0 Å². The Morgan fingerprint density at radius 2 is 1.83 bits per heavy atom. The summed E-state index contributed by atoms with van der Waals surface area (Å²) in [7, 11) is 0. The smallest absolute Gasteiger partial charge is 0.342 e. The number of rotatable bonds is 7. The van der Waals surface area contributed by atoms with Crippen molar-refractivity contribution in [1.82, 2.24) is 0 Å². The van der Waals surface area contributed by atoms with Gasteiger partial charge in [-0.1, -0.05) is 0 Å². The zero-order chi connectivity index (χ0) is 17.8. The van der Waals surface area contributed by atoms with Crippen LogP contribution in [0.1, 0.15) is 43.5 Å². The SMILES string of the molecule is CC(C)(C#N)CCCCOc1c(F)c(O)c(C(=O)O)c(F)c1F. The van der Waals surface area contributed by atoms with Crippen LogP contribution >= 0.6 is 0 Å². The first-order chi connectivity index (χ1) is 10.6. The fourth-order valence-corrected chi connectivity index (χ4v) is 1.85. The Morgan fingerprint density at radius 3 is 2.35 bits per heavy atom. The van der Waals surface area contributed by atoms with Crippen LogP contribution in [-0.2, 0) is 0 Å². The van der Waals surface area contributed by atoms with Crippen molar-refractivity contribution in [1.29, 1.82) is 5.26 Å².